The van der Waals surface area contributed by atoms with E-state index in [0.29, 0.717) is 6.54 Å². The summed E-state index contributed by atoms with van der Waals surface area (Å²) in [6, 6.07) is 6.25. The lowest BCUT2D eigenvalue weighted by atomic mass is 9.74. The standard InChI is InChI=1S/C15H24BNO2/c1-11-7-6-8-13(12(11)9-10-17)16-18-14(2,3)15(4,5)19-16/h6-8H,9-10,17H2,1-5H3. The van der Waals surface area contributed by atoms with Crippen LogP contribution in [-0.4, -0.2) is 24.9 Å². The van der Waals surface area contributed by atoms with E-state index in [1.807, 2.05) is 0 Å². The molecule has 0 atom stereocenters. The fourth-order valence-corrected chi connectivity index (χ4v) is 2.40. The average molecular weight is 261 g/mol. The summed E-state index contributed by atoms with van der Waals surface area (Å²) >= 11 is 0. The molecule has 0 bridgehead atoms. The van der Waals surface area contributed by atoms with Gasteiger partial charge >= 0.3 is 7.12 Å². The van der Waals surface area contributed by atoms with Crippen molar-refractivity contribution in [1.82, 2.24) is 0 Å². The van der Waals surface area contributed by atoms with Crippen LogP contribution in [0.25, 0.3) is 0 Å². The van der Waals surface area contributed by atoms with Gasteiger partial charge in [-0.05, 0) is 64.2 Å². The Morgan fingerprint density at radius 1 is 1.11 bits per heavy atom. The first kappa shape index (κ1) is 14.6. The molecular weight excluding hydrogens is 237 g/mol. The van der Waals surface area contributed by atoms with Gasteiger partial charge in [-0.2, -0.15) is 0 Å². The second kappa shape index (κ2) is 4.93. The Hall–Kier alpha value is -0.835. The molecule has 19 heavy (non-hydrogen) atoms. The fourth-order valence-electron chi connectivity index (χ4n) is 2.40. The van der Waals surface area contributed by atoms with Crippen molar-refractivity contribution in [2.75, 3.05) is 6.54 Å². The number of benzene rings is 1. The maximum Gasteiger partial charge on any atom is 0.495 e. The van der Waals surface area contributed by atoms with E-state index in [4.69, 9.17) is 15.0 Å². The highest BCUT2D eigenvalue weighted by molar-refractivity contribution is 6.62. The SMILES string of the molecule is Cc1cccc(B2OC(C)(C)C(C)(C)O2)c1CCN. The van der Waals surface area contributed by atoms with Gasteiger partial charge in [-0.3, -0.25) is 0 Å². The third-order valence-corrected chi connectivity index (χ3v) is 4.35. The molecule has 1 heterocycles. The number of hydrogen-bond donors (Lipinski definition) is 1. The van der Waals surface area contributed by atoms with E-state index < -0.39 is 0 Å². The summed E-state index contributed by atoms with van der Waals surface area (Å²) in [4.78, 5) is 0. The first-order valence-electron chi connectivity index (χ1n) is 6.92. The normalized spacial score (nSPS) is 20.8. The zero-order valence-corrected chi connectivity index (χ0v) is 12.6. The monoisotopic (exact) mass is 261 g/mol. The van der Waals surface area contributed by atoms with Crippen molar-refractivity contribution < 1.29 is 9.31 Å². The van der Waals surface area contributed by atoms with Gasteiger partial charge in [0.25, 0.3) is 0 Å². The molecule has 104 valence electrons. The van der Waals surface area contributed by atoms with E-state index in [0.717, 1.165) is 11.9 Å². The molecule has 0 spiro atoms. The predicted molar refractivity (Wildman–Crippen MR) is 79.7 cm³/mol. The van der Waals surface area contributed by atoms with Gasteiger partial charge in [-0.15, -0.1) is 0 Å². The highest BCUT2D eigenvalue weighted by Gasteiger charge is 2.52. The molecule has 3 nitrogen and oxygen atoms in total. The molecule has 1 aliphatic rings. The second-order valence-corrected chi connectivity index (χ2v) is 6.27. The molecule has 2 N–H and O–H groups in total. The minimum atomic E-state index is -0.304. The molecular formula is C15H24BNO2. The van der Waals surface area contributed by atoms with Gasteiger partial charge in [0.1, 0.15) is 0 Å². The summed E-state index contributed by atoms with van der Waals surface area (Å²) in [7, 11) is -0.300. The Morgan fingerprint density at radius 3 is 2.21 bits per heavy atom. The van der Waals surface area contributed by atoms with Crippen molar-refractivity contribution >= 4 is 12.6 Å². The van der Waals surface area contributed by atoms with Gasteiger partial charge in [0, 0.05) is 0 Å². The first-order chi connectivity index (χ1) is 8.78. The van der Waals surface area contributed by atoms with Crippen LogP contribution in [0.15, 0.2) is 18.2 Å². The molecule has 1 saturated heterocycles. The topological polar surface area (TPSA) is 44.5 Å². The molecule has 0 amide bonds. The Balaban J connectivity index is 2.37. The van der Waals surface area contributed by atoms with E-state index >= 15 is 0 Å². The molecule has 1 aromatic rings. The molecule has 0 saturated carbocycles. The summed E-state index contributed by atoms with van der Waals surface area (Å²) in [5.74, 6) is 0. The van der Waals surface area contributed by atoms with E-state index in [9.17, 15) is 0 Å². The van der Waals surface area contributed by atoms with Crippen molar-refractivity contribution in [3.05, 3.63) is 29.3 Å². The van der Waals surface area contributed by atoms with Crippen molar-refractivity contribution in [2.45, 2.75) is 52.2 Å². The number of hydrogen-bond acceptors (Lipinski definition) is 3. The Morgan fingerprint density at radius 2 is 1.68 bits per heavy atom. The lowest BCUT2D eigenvalue weighted by molar-refractivity contribution is 0.00578. The van der Waals surface area contributed by atoms with Gasteiger partial charge < -0.3 is 15.0 Å². The highest BCUT2D eigenvalue weighted by atomic mass is 16.7. The number of aryl methyl sites for hydroxylation is 1. The van der Waals surface area contributed by atoms with E-state index in [1.165, 1.54) is 11.1 Å². The Bertz CT molecular complexity index is 455. The molecule has 1 aliphatic heterocycles. The summed E-state index contributed by atoms with van der Waals surface area (Å²) in [6.45, 7) is 11.0. The Kier molecular flexibility index (Phi) is 3.78. The van der Waals surface area contributed by atoms with Crippen LogP contribution in [0.3, 0.4) is 0 Å². The highest BCUT2D eigenvalue weighted by Crippen LogP contribution is 2.36. The zero-order chi connectivity index (χ0) is 14.3. The number of nitrogens with two attached hydrogens (primary N) is 1. The molecule has 0 aromatic heterocycles. The lowest BCUT2D eigenvalue weighted by Crippen LogP contribution is -2.41. The van der Waals surface area contributed by atoms with Crippen molar-refractivity contribution in [2.24, 2.45) is 5.73 Å². The maximum atomic E-state index is 6.13. The van der Waals surface area contributed by atoms with Crippen LogP contribution in [-0.2, 0) is 15.7 Å². The predicted octanol–water partition coefficient (Wildman–Crippen LogP) is 1.80. The largest absolute Gasteiger partial charge is 0.495 e. The van der Waals surface area contributed by atoms with Crippen LogP contribution in [0.2, 0.25) is 0 Å². The summed E-state index contributed by atoms with van der Waals surface area (Å²) in [5, 5.41) is 0. The van der Waals surface area contributed by atoms with Crippen LogP contribution >= 0.6 is 0 Å². The summed E-state index contributed by atoms with van der Waals surface area (Å²) < 4.78 is 12.3. The summed E-state index contributed by atoms with van der Waals surface area (Å²) in [6.07, 6.45) is 0.853. The van der Waals surface area contributed by atoms with Crippen LogP contribution in [0.1, 0.15) is 38.8 Å². The van der Waals surface area contributed by atoms with Gasteiger partial charge in [0.2, 0.25) is 0 Å². The van der Waals surface area contributed by atoms with Gasteiger partial charge in [-0.25, -0.2) is 0 Å². The lowest BCUT2D eigenvalue weighted by Gasteiger charge is -2.32. The van der Waals surface area contributed by atoms with E-state index in [2.05, 4.69) is 52.8 Å². The van der Waals surface area contributed by atoms with Crippen LogP contribution in [0, 0.1) is 6.92 Å². The molecule has 2 rings (SSSR count). The van der Waals surface area contributed by atoms with Gasteiger partial charge in [0.05, 0.1) is 11.2 Å². The molecule has 0 unspecified atom stereocenters. The van der Waals surface area contributed by atoms with Crippen LogP contribution in [0.5, 0.6) is 0 Å². The molecule has 0 radical (unpaired) electrons. The third kappa shape index (κ3) is 2.57. The minimum Gasteiger partial charge on any atom is -0.399 e. The molecule has 1 fully saturated rings. The molecule has 1 aromatic carbocycles. The van der Waals surface area contributed by atoms with Crippen molar-refractivity contribution in [3.8, 4) is 0 Å². The second-order valence-electron chi connectivity index (χ2n) is 6.27. The van der Waals surface area contributed by atoms with Gasteiger partial charge in [0.15, 0.2) is 0 Å². The molecule has 4 heteroatoms. The first-order valence-corrected chi connectivity index (χ1v) is 6.92. The summed E-state index contributed by atoms with van der Waals surface area (Å²) in [5.41, 5.74) is 8.73. The quantitative estimate of drug-likeness (QED) is 0.844. The smallest absolute Gasteiger partial charge is 0.399 e. The van der Waals surface area contributed by atoms with Crippen LogP contribution < -0.4 is 11.2 Å². The van der Waals surface area contributed by atoms with E-state index in [-0.39, 0.29) is 18.3 Å². The third-order valence-electron chi connectivity index (χ3n) is 4.35. The molecule has 0 aliphatic carbocycles. The minimum absolute atomic E-state index is 0.300. The van der Waals surface area contributed by atoms with E-state index in [1.54, 1.807) is 0 Å². The van der Waals surface area contributed by atoms with Gasteiger partial charge in [-0.1, -0.05) is 18.2 Å². The average Bonchev–Trinajstić information content (AvgIpc) is 2.51. The van der Waals surface area contributed by atoms with Crippen molar-refractivity contribution in [3.63, 3.8) is 0 Å². The zero-order valence-electron chi connectivity index (χ0n) is 12.6. The fraction of sp³-hybridized carbons (Fsp3) is 0.600. The van der Waals surface area contributed by atoms with Crippen molar-refractivity contribution in [1.29, 1.82) is 0 Å². The number of rotatable bonds is 3. The Labute approximate surface area is 116 Å². The maximum absolute atomic E-state index is 6.13. The van der Waals surface area contributed by atoms with Crippen LogP contribution in [0.4, 0.5) is 0 Å².